The molecule has 2 bridgehead atoms. The van der Waals surface area contributed by atoms with Crippen molar-refractivity contribution in [2.75, 3.05) is 11.9 Å². The molecule has 3 unspecified atom stereocenters. The van der Waals surface area contributed by atoms with Gasteiger partial charge in [0.1, 0.15) is 11.5 Å². The number of carbonyl (C=O) groups is 1. The van der Waals surface area contributed by atoms with Crippen LogP contribution in [0, 0.1) is 12.8 Å². The Hall–Kier alpha value is -3.28. The van der Waals surface area contributed by atoms with Gasteiger partial charge >= 0.3 is 0 Å². The van der Waals surface area contributed by atoms with Gasteiger partial charge < -0.3 is 10.2 Å². The third kappa shape index (κ3) is 3.54. The summed E-state index contributed by atoms with van der Waals surface area (Å²) in [4.78, 5) is 29.0. The third-order valence-electron chi connectivity index (χ3n) is 6.23. The summed E-state index contributed by atoms with van der Waals surface area (Å²) < 4.78 is 0. The second kappa shape index (κ2) is 7.86. The number of fused-ring (bicyclic) bond motifs is 3. The Labute approximate surface area is 176 Å². The number of rotatable bonds is 4. The van der Waals surface area contributed by atoms with Gasteiger partial charge in [0.05, 0.1) is 11.7 Å². The molecule has 3 aliphatic rings. The fourth-order valence-corrected chi connectivity index (χ4v) is 4.77. The smallest absolute Gasteiger partial charge is 0.273 e. The molecule has 3 atom stereocenters. The highest BCUT2D eigenvalue weighted by Gasteiger charge is 2.43. The molecule has 3 aromatic rings. The molecule has 0 spiro atoms. The highest BCUT2D eigenvalue weighted by Crippen LogP contribution is 2.38. The third-order valence-corrected chi connectivity index (χ3v) is 6.23. The Morgan fingerprint density at radius 3 is 2.70 bits per heavy atom. The van der Waals surface area contributed by atoms with E-state index < -0.39 is 0 Å². The Kier molecular flexibility index (Phi) is 4.91. The predicted molar refractivity (Wildman–Crippen MR) is 116 cm³/mol. The van der Waals surface area contributed by atoms with Crippen LogP contribution in [0.1, 0.15) is 35.3 Å². The lowest BCUT2D eigenvalue weighted by molar-refractivity contribution is 0.0277. The molecule has 1 amide bonds. The van der Waals surface area contributed by atoms with E-state index in [1.165, 1.54) is 6.42 Å². The lowest BCUT2D eigenvalue weighted by Crippen LogP contribution is -2.60. The summed E-state index contributed by atoms with van der Waals surface area (Å²) in [7, 11) is 0. The van der Waals surface area contributed by atoms with Crippen LogP contribution < -0.4 is 5.32 Å². The first kappa shape index (κ1) is 18.7. The maximum Gasteiger partial charge on any atom is 0.273 e. The highest BCUT2D eigenvalue weighted by molar-refractivity contribution is 5.98. The summed E-state index contributed by atoms with van der Waals surface area (Å²) in [6, 6.07) is 13.9. The van der Waals surface area contributed by atoms with Gasteiger partial charge in [-0.2, -0.15) is 0 Å². The normalized spacial score (nSPS) is 22.7. The van der Waals surface area contributed by atoms with Crippen molar-refractivity contribution in [1.82, 2.24) is 19.9 Å². The van der Waals surface area contributed by atoms with E-state index in [4.69, 9.17) is 0 Å². The maximum atomic E-state index is 13.6. The first-order chi connectivity index (χ1) is 14.7. The summed E-state index contributed by atoms with van der Waals surface area (Å²) in [5.41, 5.74) is 3.18. The van der Waals surface area contributed by atoms with Crippen molar-refractivity contribution in [2.24, 2.45) is 5.92 Å². The monoisotopic (exact) mass is 399 g/mol. The van der Waals surface area contributed by atoms with Gasteiger partial charge in [-0.05, 0) is 68.0 Å². The molecule has 2 aliphatic heterocycles. The van der Waals surface area contributed by atoms with Crippen LogP contribution in [0.5, 0.6) is 0 Å². The molecule has 6 nitrogen and oxygen atoms in total. The molecular weight excluding hydrogens is 374 g/mol. The predicted octanol–water partition coefficient (Wildman–Crippen LogP) is 3.95. The van der Waals surface area contributed by atoms with Crippen LogP contribution in [0.4, 0.5) is 5.82 Å². The summed E-state index contributed by atoms with van der Waals surface area (Å²) in [6.45, 7) is 2.83. The summed E-state index contributed by atoms with van der Waals surface area (Å²) in [5.74, 6) is 1.37. The van der Waals surface area contributed by atoms with E-state index in [1.54, 1.807) is 12.4 Å². The molecule has 5 heterocycles. The number of piperidine rings is 2. The number of nitrogens with zero attached hydrogens (tertiary/aromatic N) is 4. The number of pyridine rings is 3. The Bertz CT molecular complexity index is 1040. The van der Waals surface area contributed by atoms with E-state index in [9.17, 15) is 4.79 Å². The Morgan fingerprint density at radius 2 is 1.93 bits per heavy atom. The van der Waals surface area contributed by atoms with E-state index in [0.29, 0.717) is 11.6 Å². The number of carbonyl (C=O) groups excluding carboxylic acids is 1. The Morgan fingerprint density at radius 1 is 1.03 bits per heavy atom. The van der Waals surface area contributed by atoms with Gasteiger partial charge in [-0.25, -0.2) is 4.98 Å². The van der Waals surface area contributed by atoms with Crippen molar-refractivity contribution in [3.05, 3.63) is 72.3 Å². The number of nitrogens with one attached hydrogen (secondary N) is 1. The minimum Gasteiger partial charge on any atom is -0.365 e. The summed E-state index contributed by atoms with van der Waals surface area (Å²) in [6.07, 6.45) is 8.55. The second-order valence-corrected chi connectivity index (χ2v) is 8.29. The minimum absolute atomic E-state index is 0.00526. The number of amides is 1. The van der Waals surface area contributed by atoms with E-state index in [0.717, 1.165) is 42.0 Å². The van der Waals surface area contributed by atoms with Crippen molar-refractivity contribution in [3.8, 4) is 11.3 Å². The van der Waals surface area contributed by atoms with Gasteiger partial charge in [-0.15, -0.1) is 0 Å². The van der Waals surface area contributed by atoms with Crippen LogP contribution in [-0.4, -0.2) is 44.4 Å². The minimum atomic E-state index is -0.00526. The lowest BCUT2D eigenvalue weighted by Gasteiger charge is -2.50. The standard InChI is InChI=1S/C24H25N5O/c1-16-7-10-22(27-14-16)28-20-13-17-8-9-21(20)29(15-17)24(30)23-18(5-4-12-26-23)19-6-2-3-11-25-19/h2-7,10-12,14,17,20-21H,8-9,13,15H2,1H3,(H,27,28). The van der Waals surface area contributed by atoms with E-state index in [2.05, 4.69) is 26.3 Å². The molecule has 2 saturated heterocycles. The molecule has 1 aliphatic carbocycles. The Balaban J connectivity index is 1.42. The van der Waals surface area contributed by atoms with Crippen LogP contribution in [0.15, 0.2) is 61.1 Å². The SMILES string of the molecule is Cc1ccc(NC2CC3CCC2N(C(=O)c2ncccc2-c2ccccn2)C3)nc1. The van der Waals surface area contributed by atoms with Crippen LogP contribution in [0.3, 0.4) is 0 Å². The zero-order chi connectivity index (χ0) is 20.5. The van der Waals surface area contributed by atoms with Gasteiger partial charge in [0, 0.05) is 36.7 Å². The first-order valence-corrected chi connectivity index (χ1v) is 10.6. The molecule has 3 aromatic heterocycles. The fraction of sp³-hybridized carbons (Fsp3) is 0.333. The van der Waals surface area contributed by atoms with Crippen LogP contribution in [-0.2, 0) is 0 Å². The lowest BCUT2D eigenvalue weighted by atomic mass is 9.76. The number of anilines is 1. The first-order valence-electron chi connectivity index (χ1n) is 10.6. The van der Waals surface area contributed by atoms with Crippen molar-refractivity contribution < 1.29 is 4.79 Å². The van der Waals surface area contributed by atoms with E-state index >= 15 is 0 Å². The topological polar surface area (TPSA) is 71.0 Å². The van der Waals surface area contributed by atoms with Gasteiger partial charge in [-0.1, -0.05) is 12.1 Å². The van der Waals surface area contributed by atoms with Gasteiger partial charge in [0.25, 0.3) is 5.91 Å². The molecule has 152 valence electrons. The average Bonchev–Trinajstić information content (AvgIpc) is 2.81. The zero-order valence-electron chi connectivity index (χ0n) is 17.0. The largest absolute Gasteiger partial charge is 0.365 e. The molecule has 6 rings (SSSR count). The van der Waals surface area contributed by atoms with Crippen LogP contribution >= 0.6 is 0 Å². The molecule has 1 N–H and O–H groups in total. The zero-order valence-corrected chi connectivity index (χ0v) is 17.0. The molecule has 1 saturated carbocycles. The van der Waals surface area contributed by atoms with E-state index in [1.807, 2.05) is 54.4 Å². The second-order valence-electron chi connectivity index (χ2n) is 8.29. The molecule has 6 heteroatoms. The van der Waals surface area contributed by atoms with Crippen LogP contribution in [0.25, 0.3) is 11.3 Å². The quantitative estimate of drug-likeness (QED) is 0.719. The molecule has 30 heavy (non-hydrogen) atoms. The summed E-state index contributed by atoms with van der Waals surface area (Å²) in [5, 5.41) is 3.58. The fourth-order valence-electron chi connectivity index (χ4n) is 4.77. The van der Waals surface area contributed by atoms with Crippen molar-refractivity contribution in [2.45, 2.75) is 38.3 Å². The molecule has 3 fully saturated rings. The number of aromatic nitrogens is 3. The summed E-state index contributed by atoms with van der Waals surface area (Å²) >= 11 is 0. The number of hydrogen-bond acceptors (Lipinski definition) is 5. The number of aryl methyl sites for hydroxylation is 1. The van der Waals surface area contributed by atoms with Gasteiger partial charge in [0.2, 0.25) is 0 Å². The molecule has 0 radical (unpaired) electrons. The van der Waals surface area contributed by atoms with Crippen molar-refractivity contribution >= 4 is 11.7 Å². The molecule has 0 aromatic carbocycles. The van der Waals surface area contributed by atoms with Crippen molar-refractivity contribution in [1.29, 1.82) is 0 Å². The van der Waals surface area contributed by atoms with E-state index in [-0.39, 0.29) is 18.0 Å². The van der Waals surface area contributed by atoms with Gasteiger partial charge in [0.15, 0.2) is 0 Å². The van der Waals surface area contributed by atoms with Gasteiger partial charge in [-0.3, -0.25) is 14.8 Å². The van der Waals surface area contributed by atoms with Crippen molar-refractivity contribution in [3.63, 3.8) is 0 Å². The maximum absolute atomic E-state index is 13.6. The average molecular weight is 399 g/mol. The number of hydrogen-bond donors (Lipinski definition) is 1. The highest BCUT2D eigenvalue weighted by atomic mass is 16.2. The van der Waals surface area contributed by atoms with Crippen LogP contribution in [0.2, 0.25) is 0 Å². The molecular formula is C24H25N5O.